The minimum Gasteiger partial charge on any atom is -0.394 e. The zero-order valence-electron chi connectivity index (χ0n) is 25.7. The van der Waals surface area contributed by atoms with Crippen molar-refractivity contribution in [2.24, 2.45) is 5.92 Å². The van der Waals surface area contributed by atoms with E-state index in [0.717, 1.165) is 16.7 Å². The number of fused-ring (bicyclic) bond motifs is 2. The molecule has 0 radical (unpaired) electrons. The number of nitrogens with zero attached hydrogens (tertiary/aromatic N) is 2. The molecule has 46 heavy (non-hydrogen) atoms. The van der Waals surface area contributed by atoms with Crippen molar-refractivity contribution >= 4 is 29.1 Å². The molecule has 0 aromatic heterocycles. The predicted octanol–water partition coefficient (Wildman–Crippen LogP) is 5.20. The Balaban J connectivity index is 1.25. The van der Waals surface area contributed by atoms with Crippen LogP contribution in [0.5, 0.6) is 0 Å². The number of rotatable bonds is 9. The standard InChI is InChI=1S/C38H37N3O5/c1-26(11-10-18-35(43)40-24-30-17-9-8-16-29(30)21-32(40)25-42)38(46)33-22-31(39-36(44)28-14-6-3-7-15-28)19-20-34(33)41(37(38)45)23-27-12-4-2-5-13-27/h2-17,19-20,22,26,32,42,46H,18,21,23-25H2,1H3,(H,39,44)/b11-10+/t26-,32-,38+/m0/s1. The Morgan fingerprint density at radius 3 is 2.35 bits per heavy atom. The monoisotopic (exact) mass is 615 g/mol. The van der Waals surface area contributed by atoms with Gasteiger partial charge in [-0.1, -0.05) is 91.9 Å². The Hall–Kier alpha value is -5.05. The van der Waals surface area contributed by atoms with Crippen molar-refractivity contribution in [3.05, 3.63) is 143 Å². The second kappa shape index (κ2) is 13.1. The molecule has 6 rings (SSSR count). The molecule has 2 aliphatic heterocycles. The molecular formula is C38H37N3O5. The van der Waals surface area contributed by atoms with Gasteiger partial charge in [-0.05, 0) is 53.4 Å². The second-order valence-corrected chi connectivity index (χ2v) is 11.9. The van der Waals surface area contributed by atoms with Crippen LogP contribution in [0.1, 0.15) is 46.0 Å². The van der Waals surface area contributed by atoms with Crippen LogP contribution in [0, 0.1) is 5.92 Å². The van der Waals surface area contributed by atoms with Gasteiger partial charge in [0.25, 0.3) is 11.8 Å². The van der Waals surface area contributed by atoms with E-state index >= 15 is 0 Å². The molecule has 3 atom stereocenters. The molecule has 0 unspecified atom stereocenters. The summed E-state index contributed by atoms with van der Waals surface area (Å²) in [6.07, 6.45) is 4.03. The van der Waals surface area contributed by atoms with Crippen LogP contribution in [0.2, 0.25) is 0 Å². The minimum atomic E-state index is -1.94. The fourth-order valence-corrected chi connectivity index (χ4v) is 6.41. The van der Waals surface area contributed by atoms with Gasteiger partial charge >= 0.3 is 0 Å². The number of hydrogen-bond acceptors (Lipinski definition) is 5. The first kappa shape index (κ1) is 31.0. The lowest BCUT2D eigenvalue weighted by Gasteiger charge is -2.36. The average Bonchev–Trinajstić information content (AvgIpc) is 3.30. The number of amides is 3. The molecule has 4 aromatic carbocycles. The third kappa shape index (κ3) is 5.97. The maximum absolute atomic E-state index is 14.1. The Kier molecular flexibility index (Phi) is 8.83. The summed E-state index contributed by atoms with van der Waals surface area (Å²) in [5.74, 6) is -1.63. The lowest BCUT2D eigenvalue weighted by molar-refractivity contribution is -0.139. The number of hydrogen-bond donors (Lipinski definition) is 3. The first-order valence-corrected chi connectivity index (χ1v) is 15.5. The number of nitrogens with one attached hydrogen (secondary N) is 1. The smallest absolute Gasteiger partial charge is 0.264 e. The second-order valence-electron chi connectivity index (χ2n) is 11.9. The zero-order chi connectivity index (χ0) is 32.3. The van der Waals surface area contributed by atoms with Gasteiger partial charge in [0.1, 0.15) is 0 Å². The van der Waals surface area contributed by atoms with Crippen LogP contribution in [-0.4, -0.2) is 45.5 Å². The lowest BCUT2D eigenvalue weighted by atomic mass is 9.82. The van der Waals surface area contributed by atoms with Crippen molar-refractivity contribution in [2.75, 3.05) is 16.8 Å². The van der Waals surface area contributed by atoms with E-state index in [1.54, 1.807) is 71.3 Å². The third-order valence-electron chi connectivity index (χ3n) is 9.01. The number of benzene rings is 4. The largest absolute Gasteiger partial charge is 0.394 e. The molecule has 0 aliphatic carbocycles. The maximum Gasteiger partial charge on any atom is 0.264 e. The van der Waals surface area contributed by atoms with Gasteiger partial charge in [-0.2, -0.15) is 0 Å². The Labute approximate surface area is 268 Å². The van der Waals surface area contributed by atoms with E-state index in [1.807, 2.05) is 60.7 Å². The van der Waals surface area contributed by atoms with Gasteiger partial charge in [0.05, 0.1) is 24.9 Å². The van der Waals surface area contributed by atoms with E-state index in [4.69, 9.17) is 0 Å². The van der Waals surface area contributed by atoms with Gasteiger partial charge in [0.2, 0.25) is 5.91 Å². The zero-order valence-corrected chi connectivity index (χ0v) is 25.7. The molecule has 0 saturated heterocycles. The Morgan fingerprint density at radius 1 is 0.957 bits per heavy atom. The first-order valence-electron chi connectivity index (χ1n) is 15.5. The van der Waals surface area contributed by atoms with Gasteiger partial charge in [-0.15, -0.1) is 0 Å². The highest BCUT2D eigenvalue weighted by molar-refractivity contribution is 6.09. The molecule has 0 fully saturated rings. The van der Waals surface area contributed by atoms with E-state index in [0.29, 0.717) is 35.5 Å². The maximum atomic E-state index is 14.1. The highest BCUT2D eigenvalue weighted by atomic mass is 16.3. The molecular weight excluding hydrogens is 578 g/mol. The molecule has 0 saturated carbocycles. The fraction of sp³-hybridized carbons (Fsp3) is 0.237. The average molecular weight is 616 g/mol. The van der Waals surface area contributed by atoms with Gasteiger partial charge in [0, 0.05) is 35.7 Å². The van der Waals surface area contributed by atoms with E-state index in [1.165, 1.54) is 0 Å². The van der Waals surface area contributed by atoms with Crippen molar-refractivity contribution < 1.29 is 24.6 Å². The van der Waals surface area contributed by atoms with Gasteiger partial charge in [-0.25, -0.2) is 0 Å². The molecule has 8 nitrogen and oxygen atoms in total. The minimum absolute atomic E-state index is 0.0566. The Morgan fingerprint density at radius 2 is 1.63 bits per heavy atom. The summed E-state index contributed by atoms with van der Waals surface area (Å²) in [7, 11) is 0. The van der Waals surface area contributed by atoms with E-state index in [2.05, 4.69) is 5.32 Å². The van der Waals surface area contributed by atoms with E-state index in [-0.39, 0.29) is 37.4 Å². The van der Waals surface area contributed by atoms with Crippen LogP contribution >= 0.6 is 0 Å². The summed E-state index contributed by atoms with van der Waals surface area (Å²) in [4.78, 5) is 43.6. The normalized spacial score (nSPS) is 19.5. The molecule has 3 N–H and O–H groups in total. The number of carbonyl (C=O) groups is 3. The summed E-state index contributed by atoms with van der Waals surface area (Å²) in [5.41, 5.74) is 3.05. The first-order chi connectivity index (χ1) is 22.3. The Bertz CT molecular complexity index is 1770. The van der Waals surface area contributed by atoms with Crippen molar-refractivity contribution in [3.8, 4) is 0 Å². The highest BCUT2D eigenvalue weighted by Gasteiger charge is 2.52. The molecule has 0 bridgehead atoms. The lowest BCUT2D eigenvalue weighted by Crippen LogP contribution is -2.46. The summed E-state index contributed by atoms with van der Waals surface area (Å²) < 4.78 is 0. The molecule has 4 aromatic rings. The number of aliphatic hydroxyl groups excluding tert-OH is 1. The molecule has 2 heterocycles. The van der Waals surface area contributed by atoms with Crippen molar-refractivity contribution in [1.82, 2.24) is 4.90 Å². The SMILES string of the molecule is C[C@@H](/C=C/CC(=O)N1Cc2ccccc2C[C@H]1CO)[C@]1(O)C(=O)N(Cc2ccccc2)c2ccc(NC(=O)c3ccccc3)cc21. The van der Waals surface area contributed by atoms with Crippen molar-refractivity contribution in [3.63, 3.8) is 0 Å². The number of anilines is 2. The van der Waals surface area contributed by atoms with Crippen LogP contribution < -0.4 is 10.2 Å². The van der Waals surface area contributed by atoms with Crippen LogP contribution in [0.15, 0.2) is 115 Å². The number of carbonyl (C=O) groups excluding carboxylic acids is 3. The van der Waals surface area contributed by atoms with Crippen LogP contribution in [-0.2, 0) is 34.7 Å². The topological polar surface area (TPSA) is 110 Å². The van der Waals surface area contributed by atoms with Gasteiger partial charge in [0.15, 0.2) is 5.60 Å². The fourth-order valence-electron chi connectivity index (χ4n) is 6.41. The van der Waals surface area contributed by atoms with Crippen molar-refractivity contribution in [1.29, 1.82) is 0 Å². The molecule has 8 heteroatoms. The van der Waals surface area contributed by atoms with Crippen LogP contribution in [0.4, 0.5) is 11.4 Å². The van der Waals surface area contributed by atoms with Crippen molar-refractivity contribution in [2.45, 2.75) is 44.5 Å². The van der Waals surface area contributed by atoms with Crippen LogP contribution in [0.3, 0.4) is 0 Å². The molecule has 0 spiro atoms. The summed E-state index contributed by atoms with van der Waals surface area (Å²) in [6, 6.07) is 31.1. The van der Waals surface area contributed by atoms with Gasteiger partial charge < -0.3 is 25.3 Å². The quantitative estimate of drug-likeness (QED) is 0.224. The molecule has 3 amide bonds. The molecule has 234 valence electrons. The summed E-state index contributed by atoms with van der Waals surface area (Å²) in [6.45, 7) is 2.30. The third-order valence-corrected chi connectivity index (χ3v) is 9.01. The number of aliphatic hydroxyl groups is 2. The molecule has 2 aliphatic rings. The summed E-state index contributed by atoms with van der Waals surface area (Å²) >= 11 is 0. The predicted molar refractivity (Wildman–Crippen MR) is 177 cm³/mol. The van der Waals surface area contributed by atoms with Crippen LogP contribution in [0.25, 0.3) is 0 Å². The highest BCUT2D eigenvalue weighted by Crippen LogP contribution is 2.47. The van der Waals surface area contributed by atoms with Gasteiger partial charge in [-0.3, -0.25) is 14.4 Å². The van der Waals surface area contributed by atoms with E-state index in [9.17, 15) is 24.6 Å². The summed E-state index contributed by atoms with van der Waals surface area (Å²) in [5, 5.41) is 25.1. The van der Waals surface area contributed by atoms with E-state index < -0.39 is 17.4 Å².